The molecule has 1 fully saturated rings. The average Bonchev–Trinajstić information content (AvgIpc) is 2.72. The van der Waals surface area contributed by atoms with Gasteiger partial charge in [0, 0.05) is 11.4 Å². The van der Waals surface area contributed by atoms with Crippen LogP contribution in [0.2, 0.25) is 5.02 Å². The van der Waals surface area contributed by atoms with E-state index in [-0.39, 0.29) is 0 Å². The first-order chi connectivity index (χ1) is 5.77. The first kappa shape index (κ1) is 8.09. The molecule has 2 atom stereocenters. The summed E-state index contributed by atoms with van der Waals surface area (Å²) >= 11 is 5.99. The number of halogens is 1. The molecule has 1 aliphatic rings. The predicted octanol–water partition coefficient (Wildman–Crippen LogP) is 2.67. The highest BCUT2D eigenvalue weighted by Gasteiger charge is 2.34. The van der Waals surface area contributed by atoms with E-state index in [1.165, 1.54) is 5.56 Å². The zero-order valence-electron chi connectivity index (χ0n) is 6.96. The molecule has 1 nitrogen and oxygen atoms in total. The van der Waals surface area contributed by atoms with Crippen LogP contribution in [0.5, 0.6) is 0 Å². The van der Waals surface area contributed by atoms with Crippen molar-refractivity contribution in [3.05, 3.63) is 34.9 Å². The minimum absolute atomic E-state index is 0.393. The Morgan fingerprint density at radius 3 is 2.67 bits per heavy atom. The first-order valence-electron chi connectivity index (χ1n) is 4.16. The van der Waals surface area contributed by atoms with Crippen molar-refractivity contribution < 1.29 is 4.74 Å². The molecule has 0 N–H and O–H groups in total. The molecule has 0 aromatic heterocycles. The number of rotatable bonds is 2. The molecule has 1 aromatic rings. The van der Waals surface area contributed by atoms with Gasteiger partial charge in [0.25, 0.3) is 0 Å². The molecule has 2 unspecified atom stereocenters. The molecular weight excluding hydrogens is 172 g/mol. The molecule has 0 radical (unpaired) electrons. The Morgan fingerprint density at radius 2 is 2.08 bits per heavy atom. The Balaban J connectivity index is 2.08. The highest BCUT2D eigenvalue weighted by molar-refractivity contribution is 6.31. The van der Waals surface area contributed by atoms with Crippen LogP contribution in [-0.4, -0.2) is 12.2 Å². The number of hydrogen-bond acceptors (Lipinski definition) is 1. The number of hydrogen-bond donors (Lipinski definition) is 0. The molecule has 0 saturated carbocycles. The fourth-order valence-electron chi connectivity index (χ4n) is 1.33. The van der Waals surface area contributed by atoms with Crippen molar-refractivity contribution in [1.82, 2.24) is 0 Å². The molecule has 12 heavy (non-hydrogen) atoms. The molecule has 1 heterocycles. The summed E-state index contributed by atoms with van der Waals surface area (Å²) in [5, 5.41) is 0.847. The van der Waals surface area contributed by atoms with Crippen LogP contribution < -0.4 is 0 Å². The average molecular weight is 183 g/mol. The van der Waals surface area contributed by atoms with Gasteiger partial charge in [-0.2, -0.15) is 0 Å². The Labute approximate surface area is 77.3 Å². The van der Waals surface area contributed by atoms with E-state index in [0.29, 0.717) is 12.2 Å². The summed E-state index contributed by atoms with van der Waals surface area (Å²) in [6.07, 6.45) is 1.76. The molecule has 1 saturated heterocycles. The maximum atomic E-state index is 5.99. The van der Waals surface area contributed by atoms with Crippen molar-refractivity contribution >= 4 is 11.6 Å². The van der Waals surface area contributed by atoms with Crippen LogP contribution in [0.3, 0.4) is 0 Å². The minimum Gasteiger partial charge on any atom is -0.370 e. The lowest BCUT2D eigenvalue weighted by atomic mass is 10.1. The quantitative estimate of drug-likeness (QED) is 0.641. The summed E-state index contributed by atoms with van der Waals surface area (Å²) in [5.74, 6) is 0. The van der Waals surface area contributed by atoms with E-state index >= 15 is 0 Å². The van der Waals surface area contributed by atoms with Crippen LogP contribution in [0.25, 0.3) is 0 Å². The summed E-state index contributed by atoms with van der Waals surface area (Å²) in [7, 11) is 0. The monoisotopic (exact) mass is 182 g/mol. The summed E-state index contributed by atoms with van der Waals surface area (Å²) in [5.41, 5.74) is 1.19. The lowest BCUT2D eigenvalue weighted by Crippen LogP contribution is -1.96. The Hall–Kier alpha value is -0.530. The van der Waals surface area contributed by atoms with E-state index in [9.17, 15) is 0 Å². The van der Waals surface area contributed by atoms with Crippen LogP contribution in [0.1, 0.15) is 12.5 Å². The lowest BCUT2D eigenvalue weighted by Gasteiger charge is -1.99. The van der Waals surface area contributed by atoms with E-state index < -0.39 is 0 Å². The van der Waals surface area contributed by atoms with Crippen LogP contribution in [0.4, 0.5) is 0 Å². The van der Waals surface area contributed by atoms with Crippen LogP contribution in [0, 0.1) is 0 Å². The van der Waals surface area contributed by atoms with Crippen molar-refractivity contribution in [2.45, 2.75) is 25.6 Å². The van der Waals surface area contributed by atoms with Gasteiger partial charge in [-0.1, -0.05) is 29.8 Å². The van der Waals surface area contributed by atoms with Crippen molar-refractivity contribution in [3.63, 3.8) is 0 Å². The van der Waals surface area contributed by atoms with Crippen LogP contribution in [0.15, 0.2) is 24.3 Å². The molecule has 0 spiro atoms. The normalized spacial score (nSPS) is 27.2. The molecule has 2 rings (SSSR count). The van der Waals surface area contributed by atoms with Gasteiger partial charge in [-0.25, -0.2) is 0 Å². The van der Waals surface area contributed by atoms with Crippen LogP contribution >= 0.6 is 11.6 Å². The molecule has 1 aliphatic heterocycles. The standard InChI is InChI=1S/C10H11ClO/c1-7-10(12-7)6-8-4-2-3-5-9(8)11/h2-5,7,10H,6H2,1H3. The van der Waals surface area contributed by atoms with E-state index in [1.807, 2.05) is 18.2 Å². The SMILES string of the molecule is CC1OC1Cc1ccccc1Cl. The summed E-state index contributed by atoms with van der Waals surface area (Å²) in [6.45, 7) is 2.08. The third-order valence-electron chi connectivity index (χ3n) is 2.22. The van der Waals surface area contributed by atoms with Gasteiger partial charge in [0.2, 0.25) is 0 Å². The van der Waals surface area contributed by atoms with Crippen molar-refractivity contribution in [1.29, 1.82) is 0 Å². The van der Waals surface area contributed by atoms with Crippen molar-refractivity contribution in [2.24, 2.45) is 0 Å². The summed E-state index contributed by atoms with van der Waals surface area (Å²) in [4.78, 5) is 0. The summed E-state index contributed by atoms with van der Waals surface area (Å²) in [6, 6.07) is 7.93. The predicted molar refractivity (Wildman–Crippen MR) is 49.5 cm³/mol. The third kappa shape index (κ3) is 1.62. The Bertz CT molecular complexity index is 285. The van der Waals surface area contributed by atoms with Gasteiger partial charge in [0.05, 0.1) is 12.2 Å². The second kappa shape index (κ2) is 3.08. The van der Waals surface area contributed by atoms with E-state index in [2.05, 4.69) is 13.0 Å². The van der Waals surface area contributed by atoms with Crippen LogP contribution in [-0.2, 0) is 11.2 Å². The Morgan fingerprint density at radius 1 is 1.42 bits per heavy atom. The minimum atomic E-state index is 0.393. The van der Waals surface area contributed by atoms with Gasteiger partial charge in [0.15, 0.2) is 0 Å². The molecule has 64 valence electrons. The second-order valence-corrected chi connectivity index (χ2v) is 3.58. The summed E-state index contributed by atoms with van der Waals surface area (Å²) < 4.78 is 5.32. The molecule has 0 aliphatic carbocycles. The maximum absolute atomic E-state index is 5.99. The smallest absolute Gasteiger partial charge is 0.0879 e. The second-order valence-electron chi connectivity index (χ2n) is 3.18. The molecule has 0 amide bonds. The number of epoxide rings is 1. The van der Waals surface area contributed by atoms with Gasteiger partial charge in [-0.3, -0.25) is 0 Å². The van der Waals surface area contributed by atoms with Crippen molar-refractivity contribution in [3.8, 4) is 0 Å². The zero-order chi connectivity index (χ0) is 8.55. The number of benzene rings is 1. The third-order valence-corrected chi connectivity index (χ3v) is 2.58. The van der Waals surface area contributed by atoms with E-state index in [1.54, 1.807) is 0 Å². The highest BCUT2D eigenvalue weighted by Crippen LogP contribution is 2.27. The number of ether oxygens (including phenoxy) is 1. The topological polar surface area (TPSA) is 12.5 Å². The molecule has 0 bridgehead atoms. The Kier molecular flexibility index (Phi) is 2.07. The van der Waals surface area contributed by atoms with Gasteiger partial charge in [-0.05, 0) is 18.6 Å². The molecular formula is C10H11ClO. The fraction of sp³-hybridized carbons (Fsp3) is 0.400. The van der Waals surface area contributed by atoms with E-state index in [4.69, 9.17) is 16.3 Å². The highest BCUT2D eigenvalue weighted by atomic mass is 35.5. The van der Waals surface area contributed by atoms with Gasteiger partial charge in [-0.15, -0.1) is 0 Å². The first-order valence-corrected chi connectivity index (χ1v) is 4.54. The van der Waals surface area contributed by atoms with E-state index in [0.717, 1.165) is 11.4 Å². The lowest BCUT2D eigenvalue weighted by molar-refractivity contribution is 0.378. The van der Waals surface area contributed by atoms with Crippen molar-refractivity contribution in [2.75, 3.05) is 0 Å². The fourth-order valence-corrected chi connectivity index (χ4v) is 1.54. The van der Waals surface area contributed by atoms with Gasteiger partial charge >= 0.3 is 0 Å². The molecule has 1 aromatic carbocycles. The molecule has 2 heteroatoms. The maximum Gasteiger partial charge on any atom is 0.0879 e. The van der Waals surface area contributed by atoms with Gasteiger partial charge < -0.3 is 4.74 Å². The van der Waals surface area contributed by atoms with Gasteiger partial charge in [0.1, 0.15) is 0 Å². The zero-order valence-corrected chi connectivity index (χ0v) is 7.71. The largest absolute Gasteiger partial charge is 0.370 e.